The van der Waals surface area contributed by atoms with Gasteiger partial charge in [-0.05, 0) is 54.9 Å². The smallest absolute Gasteiger partial charge is 0.265 e. The molecule has 2 aromatic carbocycles. The van der Waals surface area contributed by atoms with Crippen molar-refractivity contribution in [1.29, 1.82) is 0 Å². The topological polar surface area (TPSA) is 70.0 Å². The van der Waals surface area contributed by atoms with Crippen LogP contribution >= 0.6 is 0 Å². The second kappa shape index (κ2) is 6.71. The number of rotatable bonds is 5. The zero-order chi connectivity index (χ0) is 20.0. The van der Waals surface area contributed by atoms with Gasteiger partial charge < -0.3 is 0 Å². The molecular formula is C22H26N2O3S. The number of hydrogen-bond donors (Lipinski definition) is 1. The predicted molar refractivity (Wildman–Crippen MR) is 112 cm³/mol. The highest BCUT2D eigenvalue weighted by molar-refractivity contribution is 7.85. The Balaban J connectivity index is 1.84. The first kappa shape index (κ1) is 19.2. The van der Waals surface area contributed by atoms with Crippen molar-refractivity contribution in [3.05, 3.63) is 60.7 Å². The average molecular weight is 399 g/mol. The summed E-state index contributed by atoms with van der Waals surface area (Å²) in [5.74, 6) is 0.112. The fourth-order valence-corrected chi connectivity index (χ4v) is 6.42. The van der Waals surface area contributed by atoms with Crippen LogP contribution in [0.3, 0.4) is 0 Å². The summed E-state index contributed by atoms with van der Waals surface area (Å²) in [7, 11) is -4.12. The molecule has 1 N–H and O–H groups in total. The van der Waals surface area contributed by atoms with Gasteiger partial charge in [0.2, 0.25) is 0 Å². The number of anilines is 2. The minimum absolute atomic E-state index is 0.222. The minimum atomic E-state index is -4.12. The molecule has 148 valence electrons. The molecule has 0 amide bonds. The van der Waals surface area contributed by atoms with E-state index >= 15 is 0 Å². The van der Waals surface area contributed by atoms with Crippen molar-refractivity contribution in [1.82, 2.24) is 0 Å². The second-order valence-electron chi connectivity index (χ2n) is 8.50. The summed E-state index contributed by atoms with van der Waals surface area (Å²) in [6.07, 6.45) is 2.47. The summed E-state index contributed by atoms with van der Waals surface area (Å²) in [5, 5.41) is 6.91. The normalized spacial score (nSPS) is 27.2. The standard InChI is InChI=1S/C22H26N2O3S/c1-21(2)17-13-14-22(21,16-28(25,26)27)20(15-17)23-24(18-9-5-3-6-10-18)19-11-7-4-8-12-19/h3-12,17H,13-16H2,1-2H3,(H,25,26,27)/t17-,22+/m0/s1. The molecule has 2 saturated carbocycles. The third-order valence-corrected chi connectivity index (χ3v) is 7.67. The summed E-state index contributed by atoms with van der Waals surface area (Å²) in [5.41, 5.74) is 1.86. The molecule has 0 heterocycles. The fraction of sp³-hybridized carbons (Fsp3) is 0.409. The van der Waals surface area contributed by atoms with E-state index in [-0.39, 0.29) is 11.2 Å². The van der Waals surface area contributed by atoms with Crippen LogP contribution < -0.4 is 5.01 Å². The monoisotopic (exact) mass is 398 g/mol. The fourth-order valence-electron chi connectivity index (χ4n) is 5.11. The lowest BCUT2D eigenvalue weighted by Gasteiger charge is -2.38. The lowest BCUT2D eigenvalue weighted by atomic mass is 9.70. The van der Waals surface area contributed by atoms with Gasteiger partial charge in [-0.3, -0.25) is 4.55 Å². The molecule has 4 rings (SSSR count). The Kier molecular flexibility index (Phi) is 4.59. The van der Waals surface area contributed by atoms with Crippen LogP contribution in [-0.4, -0.2) is 24.4 Å². The molecule has 28 heavy (non-hydrogen) atoms. The lowest BCUT2D eigenvalue weighted by Crippen LogP contribution is -2.42. The van der Waals surface area contributed by atoms with Crippen molar-refractivity contribution in [2.24, 2.45) is 21.8 Å². The van der Waals surface area contributed by atoms with Crippen LogP contribution in [0.1, 0.15) is 33.1 Å². The van der Waals surface area contributed by atoms with Crippen LogP contribution in [0.5, 0.6) is 0 Å². The first-order chi connectivity index (χ1) is 13.2. The molecule has 2 fully saturated rings. The zero-order valence-corrected chi connectivity index (χ0v) is 17.1. The molecule has 0 radical (unpaired) electrons. The highest BCUT2D eigenvalue weighted by Gasteiger charge is 2.64. The van der Waals surface area contributed by atoms with E-state index in [9.17, 15) is 13.0 Å². The summed E-state index contributed by atoms with van der Waals surface area (Å²) in [6.45, 7) is 4.24. The van der Waals surface area contributed by atoms with Gasteiger partial charge in [0, 0.05) is 11.1 Å². The van der Waals surface area contributed by atoms with Gasteiger partial charge in [-0.25, -0.2) is 5.01 Å². The molecule has 6 heteroatoms. The number of hydrogen-bond acceptors (Lipinski definition) is 4. The SMILES string of the molecule is CC1(C)[C@H]2CC[C@@]1(CS(=O)(=O)O)C(=NN(c1ccccc1)c1ccccc1)C2. The predicted octanol–water partition coefficient (Wildman–Crippen LogP) is 4.89. The number of benzene rings is 2. The van der Waals surface area contributed by atoms with E-state index in [1.807, 2.05) is 65.7 Å². The highest BCUT2D eigenvalue weighted by atomic mass is 32.2. The second-order valence-corrected chi connectivity index (χ2v) is 9.95. The van der Waals surface area contributed by atoms with Gasteiger partial charge >= 0.3 is 0 Å². The molecule has 2 aliphatic rings. The third-order valence-electron chi connectivity index (χ3n) is 6.82. The minimum Gasteiger partial charge on any atom is -0.286 e. The first-order valence-electron chi connectivity index (χ1n) is 9.66. The van der Waals surface area contributed by atoms with Gasteiger partial charge in [-0.1, -0.05) is 50.2 Å². The Labute approximate surface area is 166 Å². The maximum Gasteiger partial charge on any atom is 0.265 e. The molecule has 2 aromatic rings. The van der Waals surface area contributed by atoms with E-state index in [1.54, 1.807) is 0 Å². The van der Waals surface area contributed by atoms with Crippen LogP contribution in [-0.2, 0) is 10.1 Å². The van der Waals surface area contributed by atoms with Gasteiger partial charge in [-0.2, -0.15) is 13.5 Å². The maximum absolute atomic E-state index is 11.9. The largest absolute Gasteiger partial charge is 0.286 e. The molecular weight excluding hydrogens is 372 g/mol. The maximum atomic E-state index is 11.9. The molecule has 0 saturated heterocycles. The number of fused-ring (bicyclic) bond motifs is 2. The molecule has 0 aliphatic heterocycles. The molecule has 0 unspecified atom stereocenters. The van der Waals surface area contributed by atoms with E-state index < -0.39 is 15.5 Å². The van der Waals surface area contributed by atoms with Gasteiger partial charge in [0.1, 0.15) is 0 Å². The number of para-hydroxylation sites is 2. The quantitative estimate of drug-likeness (QED) is 0.575. The Morgan fingerprint density at radius 1 is 1.04 bits per heavy atom. The van der Waals surface area contributed by atoms with E-state index in [1.165, 1.54) is 0 Å². The molecule has 2 atom stereocenters. The first-order valence-corrected chi connectivity index (χ1v) is 11.3. The van der Waals surface area contributed by atoms with Gasteiger partial charge in [0.25, 0.3) is 10.1 Å². The van der Waals surface area contributed by atoms with E-state index in [2.05, 4.69) is 13.8 Å². The molecule has 0 spiro atoms. The van der Waals surface area contributed by atoms with Gasteiger partial charge in [-0.15, -0.1) is 0 Å². The van der Waals surface area contributed by atoms with E-state index in [0.29, 0.717) is 5.92 Å². The van der Waals surface area contributed by atoms with Gasteiger partial charge in [0.05, 0.1) is 17.1 Å². The molecule has 0 aromatic heterocycles. The van der Waals surface area contributed by atoms with Crippen LogP contribution in [0, 0.1) is 16.7 Å². The van der Waals surface area contributed by atoms with Crippen molar-refractivity contribution in [3.8, 4) is 0 Å². The van der Waals surface area contributed by atoms with Gasteiger partial charge in [0.15, 0.2) is 0 Å². The van der Waals surface area contributed by atoms with Crippen LogP contribution in [0.25, 0.3) is 0 Å². The summed E-state index contributed by atoms with van der Waals surface area (Å²) in [6, 6.07) is 19.7. The number of hydrazone groups is 1. The highest BCUT2D eigenvalue weighted by Crippen LogP contribution is 2.64. The molecule has 2 aliphatic carbocycles. The third kappa shape index (κ3) is 3.14. The summed E-state index contributed by atoms with van der Waals surface area (Å²) in [4.78, 5) is 0. The lowest BCUT2D eigenvalue weighted by molar-refractivity contribution is 0.193. The Morgan fingerprint density at radius 3 is 2.04 bits per heavy atom. The summed E-state index contributed by atoms with van der Waals surface area (Å²) >= 11 is 0. The van der Waals surface area contributed by atoms with E-state index in [4.69, 9.17) is 5.10 Å². The van der Waals surface area contributed by atoms with Crippen LogP contribution in [0.15, 0.2) is 65.8 Å². The Hall–Kier alpha value is -2.18. The van der Waals surface area contributed by atoms with Crippen LogP contribution in [0.4, 0.5) is 11.4 Å². The Morgan fingerprint density at radius 2 is 1.57 bits per heavy atom. The zero-order valence-electron chi connectivity index (χ0n) is 16.2. The molecule has 2 bridgehead atoms. The van der Waals surface area contributed by atoms with Crippen molar-refractivity contribution in [2.45, 2.75) is 33.1 Å². The van der Waals surface area contributed by atoms with Crippen molar-refractivity contribution in [2.75, 3.05) is 10.8 Å². The average Bonchev–Trinajstić information content (AvgIpc) is 3.01. The van der Waals surface area contributed by atoms with Crippen molar-refractivity contribution in [3.63, 3.8) is 0 Å². The van der Waals surface area contributed by atoms with Crippen LogP contribution in [0.2, 0.25) is 0 Å². The molecule has 5 nitrogen and oxygen atoms in total. The van der Waals surface area contributed by atoms with E-state index in [0.717, 1.165) is 36.3 Å². The van der Waals surface area contributed by atoms with Crippen molar-refractivity contribution >= 4 is 27.2 Å². The Bertz CT molecular complexity index is 947. The summed E-state index contributed by atoms with van der Waals surface area (Å²) < 4.78 is 33.5. The van der Waals surface area contributed by atoms with Crippen molar-refractivity contribution < 1.29 is 13.0 Å². The number of nitrogens with zero attached hydrogens (tertiary/aromatic N) is 2.